The van der Waals surface area contributed by atoms with Gasteiger partial charge in [-0.2, -0.15) is 0 Å². The number of carboxylic acid groups (broad SMARTS) is 1. The molecule has 1 aromatic heterocycles. The molecule has 1 aliphatic heterocycles. The van der Waals surface area contributed by atoms with Crippen molar-refractivity contribution in [2.24, 2.45) is 0 Å². The standard InChI is InChI=1S/C18H18N2O6/c21-16-3-1-2-13(19-16)17(22)20-14-10-25-9-8-15(14)26-12-6-4-11(5-7-12)18(23)24/h1-7,14-15H,8-10H2,(H,19,21)(H,20,22)(H,23,24)/t14-,15-/m1/s1. The van der Waals surface area contributed by atoms with Gasteiger partial charge in [-0.05, 0) is 30.3 Å². The summed E-state index contributed by atoms with van der Waals surface area (Å²) < 4.78 is 11.3. The van der Waals surface area contributed by atoms with Crippen LogP contribution in [0.5, 0.6) is 5.75 Å². The van der Waals surface area contributed by atoms with Crippen molar-refractivity contribution in [2.75, 3.05) is 13.2 Å². The Labute approximate surface area is 148 Å². The van der Waals surface area contributed by atoms with Crippen LogP contribution in [0.15, 0.2) is 47.3 Å². The van der Waals surface area contributed by atoms with Gasteiger partial charge in [0.15, 0.2) is 0 Å². The Morgan fingerprint density at radius 3 is 2.65 bits per heavy atom. The first-order valence-corrected chi connectivity index (χ1v) is 8.11. The second kappa shape index (κ2) is 7.83. The van der Waals surface area contributed by atoms with E-state index in [-0.39, 0.29) is 29.5 Å². The van der Waals surface area contributed by atoms with Gasteiger partial charge in [0.05, 0.1) is 24.8 Å². The minimum Gasteiger partial charge on any atom is -0.488 e. The van der Waals surface area contributed by atoms with E-state index in [0.29, 0.717) is 18.8 Å². The maximum absolute atomic E-state index is 12.3. The van der Waals surface area contributed by atoms with Gasteiger partial charge in [-0.1, -0.05) is 6.07 Å². The Morgan fingerprint density at radius 1 is 1.19 bits per heavy atom. The zero-order valence-electron chi connectivity index (χ0n) is 13.8. The highest BCUT2D eigenvalue weighted by atomic mass is 16.5. The van der Waals surface area contributed by atoms with E-state index in [1.54, 1.807) is 12.1 Å². The number of aromatic amines is 1. The topological polar surface area (TPSA) is 118 Å². The van der Waals surface area contributed by atoms with Crippen molar-refractivity contribution in [1.29, 1.82) is 0 Å². The molecule has 1 aliphatic rings. The van der Waals surface area contributed by atoms with Gasteiger partial charge in [-0.3, -0.25) is 9.59 Å². The van der Waals surface area contributed by atoms with Crippen LogP contribution in [0.1, 0.15) is 27.3 Å². The number of carboxylic acids is 1. The Balaban J connectivity index is 1.68. The Kier molecular flexibility index (Phi) is 5.33. The summed E-state index contributed by atoms with van der Waals surface area (Å²) in [6.07, 6.45) is 0.232. The van der Waals surface area contributed by atoms with Crippen molar-refractivity contribution in [3.63, 3.8) is 0 Å². The summed E-state index contributed by atoms with van der Waals surface area (Å²) in [5, 5.41) is 11.7. The molecular weight excluding hydrogens is 340 g/mol. The number of H-pyrrole nitrogens is 1. The quantitative estimate of drug-likeness (QED) is 0.735. The van der Waals surface area contributed by atoms with E-state index in [9.17, 15) is 14.4 Å². The van der Waals surface area contributed by atoms with Gasteiger partial charge < -0.3 is 24.9 Å². The largest absolute Gasteiger partial charge is 0.488 e. The summed E-state index contributed by atoms with van der Waals surface area (Å²) in [4.78, 5) is 37.0. The molecular formula is C18H18N2O6. The molecule has 26 heavy (non-hydrogen) atoms. The number of hydrogen-bond acceptors (Lipinski definition) is 5. The first-order valence-electron chi connectivity index (χ1n) is 8.11. The number of carbonyl (C=O) groups excluding carboxylic acids is 1. The first kappa shape index (κ1) is 17.7. The number of aromatic carboxylic acids is 1. The van der Waals surface area contributed by atoms with E-state index in [0.717, 1.165) is 0 Å². The van der Waals surface area contributed by atoms with Crippen LogP contribution in [-0.4, -0.2) is 47.3 Å². The fraction of sp³-hybridized carbons (Fsp3) is 0.278. The molecule has 1 aromatic carbocycles. The molecule has 2 atom stereocenters. The molecule has 1 amide bonds. The Morgan fingerprint density at radius 2 is 1.96 bits per heavy atom. The predicted molar refractivity (Wildman–Crippen MR) is 91.6 cm³/mol. The molecule has 0 radical (unpaired) electrons. The Bertz CT molecular complexity index is 845. The summed E-state index contributed by atoms with van der Waals surface area (Å²) in [5.74, 6) is -0.924. The minimum absolute atomic E-state index is 0.160. The number of ether oxygens (including phenoxy) is 2. The molecule has 136 valence electrons. The van der Waals surface area contributed by atoms with Gasteiger partial charge in [-0.15, -0.1) is 0 Å². The summed E-state index contributed by atoms with van der Waals surface area (Å²) in [6, 6.07) is 10.0. The molecule has 8 nitrogen and oxygen atoms in total. The average molecular weight is 358 g/mol. The van der Waals surface area contributed by atoms with Gasteiger partial charge in [-0.25, -0.2) is 4.79 Å². The van der Waals surface area contributed by atoms with E-state index in [4.69, 9.17) is 14.6 Å². The van der Waals surface area contributed by atoms with E-state index in [1.807, 2.05) is 0 Å². The maximum Gasteiger partial charge on any atom is 0.335 e. The van der Waals surface area contributed by atoms with Crippen molar-refractivity contribution in [2.45, 2.75) is 18.6 Å². The highest BCUT2D eigenvalue weighted by Crippen LogP contribution is 2.19. The minimum atomic E-state index is -1.01. The second-order valence-electron chi connectivity index (χ2n) is 5.86. The van der Waals surface area contributed by atoms with Crippen LogP contribution in [0, 0.1) is 0 Å². The maximum atomic E-state index is 12.3. The fourth-order valence-electron chi connectivity index (χ4n) is 2.67. The van der Waals surface area contributed by atoms with E-state index in [2.05, 4.69) is 10.3 Å². The SMILES string of the molecule is O=C(O)c1ccc(O[C@@H]2CCOC[C@H]2NC(=O)c2cccc(=O)[nH]2)cc1. The zero-order chi connectivity index (χ0) is 18.5. The molecule has 0 aliphatic carbocycles. The van der Waals surface area contributed by atoms with Gasteiger partial charge in [0, 0.05) is 12.5 Å². The first-order chi connectivity index (χ1) is 12.5. The zero-order valence-corrected chi connectivity index (χ0v) is 13.8. The van der Waals surface area contributed by atoms with E-state index >= 15 is 0 Å². The number of carbonyl (C=O) groups is 2. The van der Waals surface area contributed by atoms with Gasteiger partial charge in [0.1, 0.15) is 17.5 Å². The number of hydrogen-bond donors (Lipinski definition) is 3. The number of benzene rings is 1. The normalized spacial score (nSPS) is 19.5. The molecule has 2 heterocycles. The average Bonchev–Trinajstić information content (AvgIpc) is 2.64. The molecule has 3 N–H and O–H groups in total. The van der Waals surface area contributed by atoms with Crippen LogP contribution in [-0.2, 0) is 4.74 Å². The number of pyridine rings is 1. The van der Waals surface area contributed by atoms with Crippen LogP contribution in [0.25, 0.3) is 0 Å². The molecule has 1 saturated heterocycles. The molecule has 2 aromatic rings. The van der Waals surface area contributed by atoms with E-state index in [1.165, 1.54) is 30.3 Å². The number of amides is 1. The summed E-state index contributed by atoms with van der Waals surface area (Å²) >= 11 is 0. The Hall–Kier alpha value is -3.13. The molecule has 0 saturated carbocycles. The van der Waals surface area contributed by atoms with Crippen LogP contribution in [0.3, 0.4) is 0 Å². The molecule has 0 unspecified atom stereocenters. The number of rotatable bonds is 5. The van der Waals surface area contributed by atoms with Crippen LogP contribution in [0.4, 0.5) is 0 Å². The van der Waals surface area contributed by atoms with E-state index < -0.39 is 17.9 Å². The number of nitrogens with one attached hydrogen (secondary N) is 2. The van der Waals surface area contributed by atoms with Gasteiger partial charge >= 0.3 is 5.97 Å². The smallest absolute Gasteiger partial charge is 0.335 e. The third-order valence-corrected chi connectivity index (χ3v) is 4.01. The summed E-state index contributed by atoms with van der Waals surface area (Å²) in [5.41, 5.74) is -0.0290. The third-order valence-electron chi connectivity index (χ3n) is 4.01. The number of aromatic nitrogens is 1. The van der Waals surface area contributed by atoms with Crippen molar-refractivity contribution in [1.82, 2.24) is 10.3 Å². The van der Waals surface area contributed by atoms with Gasteiger partial charge in [0.2, 0.25) is 5.56 Å². The van der Waals surface area contributed by atoms with Crippen molar-refractivity contribution < 1.29 is 24.2 Å². The molecule has 0 spiro atoms. The lowest BCUT2D eigenvalue weighted by atomic mass is 10.1. The molecule has 1 fully saturated rings. The van der Waals surface area contributed by atoms with Crippen LogP contribution >= 0.6 is 0 Å². The van der Waals surface area contributed by atoms with Crippen LogP contribution < -0.4 is 15.6 Å². The van der Waals surface area contributed by atoms with Gasteiger partial charge in [0.25, 0.3) is 5.91 Å². The van der Waals surface area contributed by atoms with Crippen molar-refractivity contribution in [3.8, 4) is 5.75 Å². The lowest BCUT2D eigenvalue weighted by Crippen LogP contribution is -2.52. The molecule has 3 rings (SSSR count). The molecule has 0 bridgehead atoms. The lowest BCUT2D eigenvalue weighted by molar-refractivity contribution is -0.00295. The van der Waals surface area contributed by atoms with Crippen molar-refractivity contribution >= 4 is 11.9 Å². The summed E-state index contributed by atoms with van der Waals surface area (Å²) in [6.45, 7) is 0.771. The third kappa shape index (κ3) is 4.28. The highest BCUT2D eigenvalue weighted by molar-refractivity contribution is 5.92. The lowest BCUT2D eigenvalue weighted by Gasteiger charge is -2.32. The molecule has 8 heteroatoms. The van der Waals surface area contributed by atoms with Crippen molar-refractivity contribution in [3.05, 3.63) is 64.1 Å². The van der Waals surface area contributed by atoms with Crippen LogP contribution in [0.2, 0.25) is 0 Å². The highest BCUT2D eigenvalue weighted by Gasteiger charge is 2.29. The second-order valence-corrected chi connectivity index (χ2v) is 5.86. The fourth-order valence-corrected chi connectivity index (χ4v) is 2.67. The predicted octanol–water partition coefficient (Wildman–Crippen LogP) is 1.04. The summed E-state index contributed by atoms with van der Waals surface area (Å²) in [7, 11) is 0. The monoisotopic (exact) mass is 358 g/mol.